The number of aromatic carboxylic acids is 1. The van der Waals surface area contributed by atoms with Crippen LogP contribution in [0, 0.1) is 5.92 Å². The van der Waals surface area contributed by atoms with Crippen LogP contribution in [0.4, 0.5) is 0 Å². The van der Waals surface area contributed by atoms with Crippen molar-refractivity contribution in [1.82, 2.24) is 5.32 Å². The predicted molar refractivity (Wildman–Crippen MR) is 93.0 cm³/mol. The van der Waals surface area contributed by atoms with Crippen molar-refractivity contribution in [3.05, 3.63) is 71.3 Å². The van der Waals surface area contributed by atoms with Gasteiger partial charge >= 0.3 is 5.97 Å². The number of hydrogen-bond acceptors (Lipinski definition) is 3. The van der Waals surface area contributed by atoms with Gasteiger partial charge in [-0.05, 0) is 42.0 Å². The lowest BCUT2D eigenvalue weighted by molar-refractivity contribution is 0.0696. The summed E-state index contributed by atoms with van der Waals surface area (Å²) in [6, 6.07) is 17.8. The summed E-state index contributed by atoms with van der Waals surface area (Å²) in [7, 11) is 0. The van der Waals surface area contributed by atoms with Gasteiger partial charge in [0.2, 0.25) is 0 Å². The number of nitrogens with one attached hydrogen (secondary N) is 1. The molecule has 0 spiro atoms. The van der Waals surface area contributed by atoms with Gasteiger partial charge in [-0.2, -0.15) is 0 Å². The lowest BCUT2D eigenvalue weighted by atomic mass is 9.94. The summed E-state index contributed by atoms with van der Waals surface area (Å²) in [6.07, 6.45) is 2.14. The van der Waals surface area contributed by atoms with E-state index in [2.05, 4.69) is 29.6 Å². The molecular formula is C20H23NO3. The maximum atomic E-state index is 11.1. The van der Waals surface area contributed by atoms with Crippen LogP contribution in [0.25, 0.3) is 0 Å². The zero-order valence-corrected chi connectivity index (χ0v) is 13.7. The second kappa shape index (κ2) is 8.08. The van der Waals surface area contributed by atoms with Gasteiger partial charge in [-0.1, -0.05) is 42.5 Å². The Labute approximate surface area is 142 Å². The van der Waals surface area contributed by atoms with Gasteiger partial charge in [0.05, 0.1) is 5.56 Å². The highest BCUT2D eigenvalue weighted by Crippen LogP contribution is 2.27. The third-order valence-electron chi connectivity index (χ3n) is 4.52. The summed E-state index contributed by atoms with van der Waals surface area (Å²) in [5.41, 5.74) is 2.58. The molecule has 0 saturated carbocycles. The van der Waals surface area contributed by atoms with Gasteiger partial charge in [-0.15, -0.1) is 0 Å². The molecule has 2 N–H and O–H groups in total. The van der Waals surface area contributed by atoms with E-state index in [1.165, 1.54) is 5.56 Å². The SMILES string of the molecule is O=C(O)c1cccc(CNC(CC2CCOC2)c2ccccc2)c1. The van der Waals surface area contributed by atoms with Gasteiger partial charge in [-0.25, -0.2) is 4.79 Å². The van der Waals surface area contributed by atoms with E-state index in [0.29, 0.717) is 18.0 Å². The van der Waals surface area contributed by atoms with Crippen LogP contribution in [0.1, 0.15) is 40.4 Å². The zero-order valence-electron chi connectivity index (χ0n) is 13.7. The Bertz CT molecular complexity index is 666. The molecule has 3 rings (SSSR count). The first-order chi connectivity index (χ1) is 11.7. The van der Waals surface area contributed by atoms with Crippen molar-refractivity contribution in [2.75, 3.05) is 13.2 Å². The Kier molecular flexibility index (Phi) is 5.62. The Morgan fingerprint density at radius 3 is 2.75 bits per heavy atom. The average molecular weight is 325 g/mol. The summed E-state index contributed by atoms with van der Waals surface area (Å²) in [6.45, 7) is 2.33. The molecule has 1 fully saturated rings. The van der Waals surface area contributed by atoms with Gasteiger partial charge in [0.15, 0.2) is 0 Å². The molecule has 1 aliphatic rings. The van der Waals surface area contributed by atoms with Crippen LogP contribution in [0.2, 0.25) is 0 Å². The molecule has 1 aliphatic heterocycles. The minimum atomic E-state index is -0.889. The van der Waals surface area contributed by atoms with E-state index in [1.807, 2.05) is 12.1 Å². The summed E-state index contributed by atoms with van der Waals surface area (Å²) in [5.74, 6) is -0.312. The molecule has 0 bridgehead atoms. The van der Waals surface area contributed by atoms with E-state index in [4.69, 9.17) is 9.84 Å². The highest BCUT2D eigenvalue weighted by Gasteiger charge is 2.21. The molecular weight excluding hydrogens is 302 g/mol. The maximum absolute atomic E-state index is 11.1. The fraction of sp³-hybridized carbons (Fsp3) is 0.350. The first-order valence-corrected chi connectivity index (χ1v) is 8.40. The Morgan fingerprint density at radius 1 is 1.21 bits per heavy atom. The molecule has 0 amide bonds. The largest absolute Gasteiger partial charge is 0.478 e. The summed E-state index contributed by atoms with van der Waals surface area (Å²) < 4.78 is 5.51. The van der Waals surface area contributed by atoms with Gasteiger partial charge in [0, 0.05) is 25.8 Å². The first kappa shape index (κ1) is 16.7. The normalized spacial score (nSPS) is 18.4. The van der Waals surface area contributed by atoms with Gasteiger partial charge in [0.25, 0.3) is 0 Å². The minimum Gasteiger partial charge on any atom is -0.478 e. The van der Waals surface area contributed by atoms with E-state index < -0.39 is 5.97 Å². The third-order valence-corrected chi connectivity index (χ3v) is 4.52. The van der Waals surface area contributed by atoms with Crippen molar-refractivity contribution in [1.29, 1.82) is 0 Å². The van der Waals surface area contributed by atoms with Crippen LogP contribution >= 0.6 is 0 Å². The lowest BCUT2D eigenvalue weighted by Gasteiger charge is -2.22. The highest BCUT2D eigenvalue weighted by molar-refractivity contribution is 5.87. The first-order valence-electron chi connectivity index (χ1n) is 8.40. The molecule has 4 heteroatoms. The standard InChI is InChI=1S/C20H23NO3/c22-20(23)18-8-4-5-15(11-18)13-21-19(12-16-9-10-24-14-16)17-6-2-1-3-7-17/h1-8,11,16,19,21H,9-10,12-14H2,(H,22,23). The molecule has 24 heavy (non-hydrogen) atoms. The smallest absolute Gasteiger partial charge is 0.335 e. The number of carbonyl (C=O) groups is 1. The highest BCUT2D eigenvalue weighted by atomic mass is 16.5. The van der Waals surface area contributed by atoms with Crippen LogP contribution in [-0.2, 0) is 11.3 Å². The molecule has 1 heterocycles. The monoisotopic (exact) mass is 325 g/mol. The van der Waals surface area contributed by atoms with Gasteiger partial charge in [-0.3, -0.25) is 0 Å². The quantitative estimate of drug-likeness (QED) is 0.816. The van der Waals surface area contributed by atoms with Crippen molar-refractivity contribution in [3.63, 3.8) is 0 Å². The van der Waals surface area contributed by atoms with Crippen LogP contribution in [0.5, 0.6) is 0 Å². The molecule has 2 atom stereocenters. The number of benzene rings is 2. The van der Waals surface area contributed by atoms with Crippen molar-refractivity contribution >= 4 is 5.97 Å². The number of rotatable bonds is 7. The van der Waals surface area contributed by atoms with Crippen LogP contribution in [0.3, 0.4) is 0 Å². The van der Waals surface area contributed by atoms with Crippen LogP contribution in [-0.4, -0.2) is 24.3 Å². The lowest BCUT2D eigenvalue weighted by Crippen LogP contribution is -2.24. The van der Waals surface area contributed by atoms with Crippen LogP contribution < -0.4 is 5.32 Å². The van der Waals surface area contributed by atoms with Gasteiger partial charge in [0.1, 0.15) is 0 Å². The number of carboxylic acids is 1. The number of carboxylic acid groups (broad SMARTS) is 1. The Morgan fingerprint density at radius 2 is 2.04 bits per heavy atom. The molecule has 2 aromatic rings. The Balaban J connectivity index is 1.69. The van der Waals surface area contributed by atoms with Gasteiger partial charge < -0.3 is 15.2 Å². The maximum Gasteiger partial charge on any atom is 0.335 e. The van der Waals surface area contributed by atoms with E-state index >= 15 is 0 Å². The molecule has 4 nitrogen and oxygen atoms in total. The third kappa shape index (κ3) is 4.43. The second-order valence-corrected chi connectivity index (χ2v) is 6.32. The molecule has 2 unspecified atom stereocenters. The molecule has 0 aliphatic carbocycles. The molecule has 0 aromatic heterocycles. The zero-order chi connectivity index (χ0) is 16.8. The molecule has 0 radical (unpaired) electrons. The molecule has 1 saturated heterocycles. The number of hydrogen-bond donors (Lipinski definition) is 2. The fourth-order valence-electron chi connectivity index (χ4n) is 3.18. The summed E-state index contributed by atoms with van der Waals surface area (Å²) >= 11 is 0. The minimum absolute atomic E-state index is 0.242. The Hall–Kier alpha value is -2.17. The van der Waals surface area contributed by atoms with Crippen molar-refractivity contribution < 1.29 is 14.6 Å². The van der Waals surface area contributed by atoms with Crippen molar-refractivity contribution in [2.24, 2.45) is 5.92 Å². The second-order valence-electron chi connectivity index (χ2n) is 6.32. The molecule has 2 aromatic carbocycles. The van der Waals surface area contributed by atoms with E-state index in [0.717, 1.165) is 31.6 Å². The fourth-order valence-corrected chi connectivity index (χ4v) is 3.18. The topological polar surface area (TPSA) is 58.6 Å². The van der Waals surface area contributed by atoms with Crippen molar-refractivity contribution in [3.8, 4) is 0 Å². The summed E-state index contributed by atoms with van der Waals surface area (Å²) in [4.78, 5) is 11.1. The van der Waals surface area contributed by atoms with Crippen LogP contribution in [0.15, 0.2) is 54.6 Å². The van der Waals surface area contributed by atoms with E-state index in [1.54, 1.807) is 18.2 Å². The molecule has 126 valence electrons. The average Bonchev–Trinajstić information content (AvgIpc) is 3.12. The van der Waals surface area contributed by atoms with E-state index in [9.17, 15) is 4.79 Å². The van der Waals surface area contributed by atoms with Crippen molar-refractivity contribution in [2.45, 2.75) is 25.4 Å². The summed E-state index contributed by atoms with van der Waals surface area (Å²) in [5, 5.41) is 12.7. The van der Waals surface area contributed by atoms with E-state index in [-0.39, 0.29) is 6.04 Å². The predicted octanol–water partition coefficient (Wildman–Crippen LogP) is 3.64. The number of ether oxygens (including phenoxy) is 1.